The summed E-state index contributed by atoms with van der Waals surface area (Å²) in [5.74, 6) is -0.929. The molecule has 0 spiro atoms. The van der Waals surface area contributed by atoms with E-state index in [4.69, 9.17) is 11.6 Å². The number of aliphatic carboxylic acids is 1. The number of hydrogen-bond donors (Lipinski definition) is 2. The number of carboxylic acid groups (broad SMARTS) is 1. The van der Waals surface area contributed by atoms with Crippen molar-refractivity contribution in [3.8, 4) is 0 Å². The van der Waals surface area contributed by atoms with Crippen LogP contribution in [0.25, 0.3) is 0 Å². The molecule has 3 rings (SSSR count). The van der Waals surface area contributed by atoms with Crippen LogP contribution in [0, 0.1) is 0 Å². The Kier molecular flexibility index (Phi) is 5.59. The van der Waals surface area contributed by atoms with E-state index in [-0.39, 0.29) is 12.5 Å². The summed E-state index contributed by atoms with van der Waals surface area (Å²) in [5.41, 5.74) is 0.612. The first-order valence-electron chi connectivity index (χ1n) is 8.56. The van der Waals surface area contributed by atoms with Crippen molar-refractivity contribution in [3.63, 3.8) is 0 Å². The Bertz CT molecular complexity index is 787. The lowest BCUT2D eigenvalue weighted by atomic mass is 9.73. The van der Waals surface area contributed by atoms with Gasteiger partial charge in [0.25, 0.3) is 0 Å². The normalized spacial score (nSPS) is 16.8. The zero-order valence-corrected chi connectivity index (χ0v) is 15.1. The Balaban J connectivity index is 1.61. The molecule has 2 N–H and O–H groups in total. The van der Waals surface area contributed by atoms with Crippen LogP contribution in [0.1, 0.15) is 18.4 Å². The number of likely N-dealkylation sites (tertiary alicyclic amines) is 1. The molecule has 1 aliphatic heterocycles. The third-order valence-electron chi connectivity index (χ3n) is 4.92. The predicted molar refractivity (Wildman–Crippen MR) is 102 cm³/mol. The molecule has 0 aliphatic carbocycles. The van der Waals surface area contributed by atoms with Gasteiger partial charge in [-0.15, -0.1) is 0 Å². The monoisotopic (exact) mass is 372 g/mol. The molecule has 0 bridgehead atoms. The number of carbonyl (C=O) groups is 2. The summed E-state index contributed by atoms with van der Waals surface area (Å²) < 4.78 is 0. The van der Waals surface area contributed by atoms with E-state index in [0.29, 0.717) is 36.6 Å². The molecule has 1 fully saturated rings. The first-order chi connectivity index (χ1) is 12.5. The summed E-state index contributed by atoms with van der Waals surface area (Å²) in [6, 6.07) is 16.4. The second-order valence-electron chi connectivity index (χ2n) is 6.59. The van der Waals surface area contributed by atoms with E-state index >= 15 is 0 Å². The zero-order valence-electron chi connectivity index (χ0n) is 14.3. The van der Waals surface area contributed by atoms with Gasteiger partial charge in [-0.05, 0) is 36.6 Å². The fourth-order valence-corrected chi connectivity index (χ4v) is 3.64. The fourth-order valence-electron chi connectivity index (χ4n) is 3.45. The van der Waals surface area contributed by atoms with Crippen LogP contribution in [0.5, 0.6) is 0 Å². The summed E-state index contributed by atoms with van der Waals surface area (Å²) in [6.07, 6.45) is 0.966. The van der Waals surface area contributed by atoms with Crippen molar-refractivity contribution in [1.29, 1.82) is 0 Å². The van der Waals surface area contributed by atoms with Gasteiger partial charge in [-0.2, -0.15) is 0 Å². The highest BCUT2D eigenvalue weighted by Gasteiger charge is 2.43. The minimum absolute atomic E-state index is 0.130. The molecule has 0 atom stereocenters. The van der Waals surface area contributed by atoms with Crippen LogP contribution in [0.4, 0.5) is 5.69 Å². The second kappa shape index (κ2) is 7.89. The smallest absolute Gasteiger partial charge is 0.314 e. The molecule has 136 valence electrons. The lowest BCUT2D eigenvalue weighted by Crippen LogP contribution is -2.49. The maximum Gasteiger partial charge on any atom is 0.314 e. The topological polar surface area (TPSA) is 69.6 Å². The molecule has 0 saturated carbocycles. The number of amides is 1. The van der Waals surface area contributed by atoms with Crippen LogP contribution >= 0.6 is 11.6 Å². The Morgan fingerprint density at radius 3 is 2.38 bits per heavy atom. The predicted octanol–water partition coefficient (Wildman–Crippen LogP) is 3.40. The van der Waals surface area contributed by atoms with Crippen LogP contribution in [0.2, 0.25) is 5.02 Å². The molecule has 5 nitrogen and oxygen atoms in total. The van der Waals surface area contributed by atoms with E-state index < -0.39 is 11.4 Å². The number of anilines is 1. The van der Waals surface area contributed by atoms with E-state index in [0.717, 1.165) is 5.56 Å². The van der Waals surface area contributed by atoms with Crippen LogP contribution in [-0.2, 0) is 15.0 Å². The molecule has 0 unspecified atom stereocenters. The van der Waals surface area contributed by atoms with Crippen LogP contribution in [0.3, 0.4) is 0 Å². The van der Waals surface area contributed by atoms with Gasteiger partial charge in [0.05, 0.1) is 12.0 Å². The molecule has 1 amide bonds. The van der Waals surface area contributed by atoms with Crippen molar-refractivity contribution < 1.29 is 14.7 Å². The Morgan fingerprint density at radius 2 is 1.77 bits per heavy atom. The average molecular weight is 373 g/mol. The Labute approximate surface area is 157 Å². The van der Waals surface area contributed by atoms with Gasteiger partial charge in [-0.1, -0.05) is 48.0 Å². The quantitative estimate of drug-likeness (QED) is 0.844. The molecular formula is C20H21ClN2O3. The highest BCUT2D eigenvalue weighted by atomic mass is 35.5. The highest BCUT2D eigenvalue weighted by molar-refractivity contribution is 6.30. The molecule has 26 heavy (non-hydrogen) atoms. The van der Waals surface area contributed by atoms with Gasteiger partial charge < -0.3 is 10.4 Å². The van der Waals surface area contributed by atoms with E-state index in [9.17, 15) is 14.7 Å². The number of benzene rings is 2. The lowest BCUT2D eigenvalue weighted by Gasteiger charge is -2.39. The molecular weight excluding hydrogens is 352 g/mol. The van der Waals surface area contributed by atoms with E-state index in [2.05, 4.69) is 5.32 Å². The molecule has 2 aromatic rings. The standard InChI is InChI=1S/C20H21ClN2O3/c21-16-7-4-8-17(13-16)22-18(24)14-23-11-9-20(10-12-23,19(25)26)15-5-2-1-3-6-15/h1-8,13H,9-12,14H2,(H,22,24)(H,25,26). The fraction of sp³-hybridized carbons (Fsp3) is 0.300. The van der Waals surface area contributed by atoms with Crippen molar-refractivity contribution >= 4 is 29.2 Å². The Morgan fingerprint density at radius 1 is 1.08 bits per heavy atom. The maximum atomic E-state index is 12.2. The third-order valence-corrected chi connectivity index (χ3v) is 5.16. The van der Waals surface area contributed by atoms with Gasteiger partial charge in [-0.25, -0.2) is 0 Å². The number of nitrogens with one attached hydrogen (secondary N) is 1. The van der Waals surface area contributed by atoms with Gasteiger partial charge in [0.2, 0.25) is 5.91 Å². The molecule has 1 heterocycles. The van der Waals surface area contributed by atoms with E-state index in [1.54, 1.807) is 24.3 Å². The second-order valence-corrected chi connectivity index (χ2v) is 7.02. The number of halogens is 1. The number of piperidine rings is 1. The third kappa shape index (κ3) is 4.06. The first kappa shape index (κ1) is 18.4. The molecule has 6 heteroatoms. The number of carbonyl (C=O) groups excluding carboxylic acids is 1. The zero-order chi connectivity index (χ0) is 18.6. The summed E-state index contributed by atoms with van der Waals surface area (Å²) in [7, 11) is 0. The maximum absolute atomic E-state index is 12.2. The summed E-state index contributed by atoms with van der Waals surface area (Å²) >= 11 is 5.92. The van der Waals surface area contributed by atoms with Crippen molar-refractivity contribution in [3.05, 3.63) is 65.2 Å². The van der Waals surface area contributed by atoms with Crippen molar-refractivity contribution in [2.75, 3.05) is 25.0 Å². The number of carboxylic acids is 1. The van der Waals surface area contributed by atoms with E-state index in [1.807, 2.05) is 35.2 Å². The lowest BCUT2D eigenvalue weighted by molar-refractivity contribution is -0.146. The number of nitrogens with zero attached hydrogens (tertiary/aromatic N) is 1. The molecule has 2 aromatic carbocycles. The largest absolute Gasteiger partial charge is 0.481 e. The SMILES string of the molecule is O=C(CN1CCC(C(=O)O)(c2ccccc2)CC1)Nc1cccc(Cl)c1. The van der Waals surface area contributed by atoms with Gasteiger partial charge in [0.15, 0.2) is 0 Å². The van der Waals surface area contributed by atoms with E-state index in [1.165, 1.54) is 0 Å². The minimum Gasteiger partial charge on any atom is -0.481 e. The van der Waals surface area contributed by atoms with Crippen LogP contribution in [-0.4, -0.2) is 41.5 Å². The molecule has 0 radical (unpaired) electrons. The molecule has 1 aliphatic rings. The van der Waals surface area contributed by atoms with Gasteiger partial charge in [-0.3, -0.25) is 14.5 Å². The first-order valence-corrected chi connectivity index (χ1v) is 8.94. The highest BCUT2D eigenvalue weighted by Crippen LogP contribution is 2.35. The molecule has 0 aromatic heterocycles. The summed E-state index contributed by atoms with van der Waals surface area (Å²) in [6.45, 7) is 1.35. The molecule has 1 saturated heterocycles. The number of hydrogen-bond acceptors (Lipinski definition) is 3. The van der Waals surface area contributed by atoms with Crippen molar-refractivity contribution in [2.45, 2.75) is 18.3 Å². The van der Waals surface area contributed by atoms with Crippen LogP contribution in [0.15, 0.2) is 54.6 Å². The van der Waals surface area contributed by atoms with Crippen LogP contribution < -0.4 is 5.32 Å². The van der Waals surface area contributed by atoms with Crippen molar-refractivity contribution in [1.82, 2.24) is 4.90 Å². The minimum atomic E-state index is -0.874. The Hall–Kier alpha value is -2.37. The van der Waals surface area contributed by atoms with Crippen molar-refractivity contribution in [2.24, 2.45) is 0 Å². The van der Waals surface area contributed by atoms with Gasteiger partial charge in [0.1, 0.15) is 0 Å². The van der Waals surface area contributed by atoms with Gasteiger partial charge >= 0.3 is 5.97 Å². The summed E-state index contributed by atoms with van der Waals surface area (Å²) in [4.78, 5) is 26.2. The summed E-state index contributed by atoms with van der Waals surface area (Å²) in [5, 5.41) is 13.2. The van der Waals surface area contributed by atoms with Gasteiger partial charge in [0, 0.05) is 23.8 Å². The number of rotatable bonds is 5. The average Bonchev–Trinajstić information content (AvgIpc) is 2.63.